The minimum absolute atomic E-state index is 0.779. The number of thiophene rings is 1. The summed E-state index contributed by atoms with van der Waals surface area (Å²) >= 11 is 8.80. The monoisotopic (exact) mass is 425 g/mol. The maximum atomic E-state index is 4.77. The molecule has 3 aromatic rings. The van der Waals surface area contributed by atoms with Crippen molar-refractivity contribution in [2.45, 2.75) is 13.3 Å². The van der Waals surface area contributed by atoms with Gasteiger partial charge in [-0.15, -0.1) is 11.3 Å². The standard InChI is InChI=1S/C15H13Br2N3S/c1-3-8-4-5-21-13(8)15-19-12-10(14(18-2)20-15)6-9(16)7-11(12)17/h4-7H,3H2,1-2H3,(H,18,19,20). The molecule has 1 aromatic carbocycles. The van der Waals surface area contributed by atoms with Crippen LogP contribution in [0, 0.1) is 0 Å². The topological polar surface area (TPSA) is 37.8 Å². The molecule has 108 valence electrons. The third kappa shape index (κ3) is 2.72. The molecule has 0 bridgehead atoms. The third-order valence-electron chi connectivity index (χ3n) is 3.29. The molecule has 3 nitrogen and oxygen atoms in total. The molecule has 2 heterocycles. The van der Waals surface area contributed by atoms with Crippen molar-refractivity contribution in [1.82, 2.24) is 9.97 Å². The molecule has 0 atom stereocenters. The van der Waals surface area contributed by atoms with Gasteiger partial charge >= 0.3 is 0 Å². The fourth-order valence-corrected chi connectivity index (χ4v) is 4.50. The van der Waals surface area contributed by atoms with Crippen molar-refractivity contribution >= 4 is 59.9 Å². The van der Waals surface area contributed by atoms with E-state index < -0.39 is 0 Å². The van der Waals surface area contributed by atoms with E-state index in [0.717, 1.165) is 42.8 Å². The Balaban J connectivity index is 2.31. The van der Waals surface area contributed by atoms with Gasteiger partial charge in [-0.2, -0.15) is 0 Å². The van der Waals surface area contributed by atoms with Crippen LogP contribution in [-0.4, -0.2) is 17.0 Å². The molecule has 6 heteroatoms. The van der Waals surface area contributed by atoms with Gasteiger partial charge in [-0.1, -0.05) is 22.9 Å². The summed E-state index contributed by atoms with van der Waals surface area (Å²) in [5, 5.41) is 6.27. The van der Waals surface area contributed by atoms with Crippen molar-refractivity contribution < 1.29 is 0 Å². The van der Waals surface area contributed by atoms with Crippen LogP contribution in [0.15, 0.2) is 32.5 Å². The van der Waals surface area contributed by atoms with E-state index in [1.807, 2.05) is 19.2 Å². The molecular formula is C15H13Br2N3S. The molecule has 3 rings (SSSR count). The van der Waals surface area contributed by atoms with Gasteiger partial charge in [-0.25, -0.2) is 9.97 Å². The highest BCUT2D eigenvalue weighted by Crippen LogP contribution is 2.35. The number of aromatic nitrogens is 2. The fourth-order valence-electron chi connectivity index (χ4n) is 2.26. The molecule has 0 spiro atoms. The third-order valence-corrected chi connectivity index (χ3v) is 5.30. The van der Waals surface area contributed by atoms with Crippen molar-refractivity contribution in [1.29, 1.82) is 0 Å². The van der Waals surface area contributed by atoms with Gasteiger partial charge in [0.1, 0.15) is 5.82 Å². The number of halogens is 2. The van der Waals surface area contributed by atoms with Gasteiger partial charge in [0.05, 0.1) is 10.4 Å². The normalized spacial score (nSPS) is 11.0. The molecule has 2 aromatic heterocycles. The molecule has 0 aliphatic carbocycles. The Bertz CT molecular complexity index is 814. The fraction of sp³-hybridized carbons (Fsp3) is 0.200. The van der Waals surface area contributed by atoms with E-state index in [1.54, 1.807) is 11.3 Å². The smallest absolute Gasteiger partial charge is 0.172 e. The molecule has 21 heavy (non-hydrogen) atoms. The van der Waals surface area contributed by atoms with E-state index in [4.69, 9.17) is 9.97 Å². The zero-order valence-corrected chi connectivity index (χ0v) is 15.6. The second-order valence-corrected chi connectivity index (χ2v) is 7.24. The van der Waals surface area contributed by atoms with Crippen molar-refractivity contribution in [3.63, 3.8) is 0 Å². The summed E-state index contributed by atoms with van der Waals surface area (Å²) in [5.41, 5.74) is 2.21. The Morgan fingerprint density at radius 2 is 2.05 bits per heavy atom. The maximum Gasteiger partial charge on any atom is 0.172 e. The summed E-state index contributed by atoms with van der Waals surface area (Å²) in [4.78, 5) is 10.6. The number of nitrogens with one attached hydrogen (secondary N) is 1. The summed E-state index contributed by atoms with van der Waals surface area (Å²) in [5.74, 6) is 1.62. The van der Waals surface area contributed by atoms with E-state index in [2.05, 4.69) is 55.5 Å². The predicted octanol–water partition coefficient (Wildman–Crippen LogP) is 5.49. The van der Waals surface area contributed by atoms with Gasteiger partial charge < -0.3 is 5.32 Å². The Hall–Kier alpha value is -0.980. The first kappa shape index (κ1) is 14.9. The maximum absolute atomic E-state index is 4.77. The van der Waals surface area contributed by atoms with Gasteiger partial charge in [0.25, 0.3) is 0 Å². The first-order valence-corrected chi connectivity index (χ1v) is 9.02. The average Bonchev–Trinajstić information content (AvgIpc) is 2.94. The van der Waals surface area contributed by atoms with Crippen LogP contribution in [0.1, 0.15) is 12.5 Å². The van der Waals surface area contributed by atoms with Crippen LogP contribution in [0.3, 0.4) is 0 Å². The lowest BCUT2D eigenvalue weighted by Gasteiger charge is -2.10. The van der Waals surface area contributed by atoms with E-state index >= 15 is 0 Å². The lowest BCUT2D eigenvalue weighted by Crippen LogP contribution is -1.99. The van der Waals surface area contributed by atoms with E-state index in [0.29, 0.717) is 0 Å². The Kier molecular flexibility index (Phi) is 4.28. The second-order valence-electron chi connectivity index (χ2n) is 4.56. The Morgan fingerprint density at radius 1 is 1.24 bits per heavy atom. The lowest BCUT2D eigenvalue weighted by atomic mass is 10.2. The molecule has 0 unspecified atom stereocenters. The first-order chi connectivity index (χ1) is 10.1. The highest BCUT2D eigenvalue weighted by Gasteiger charge is 2.14. The summed E-state index contributed by atoms with van der Waals surface area (Å²) in [6, 6.07) is 6.18. The van der Waals surface area contributed by atoms with Gasteiger partial charge in [0.15, 0.2) is 5.82 Å². The number of aryl methyl sites for hydroxylation is 1. The number of benzene rings is 1. The van der Waals surface area contributed by atoms with Crippen LogP contribution in [0.25, 0.3) is 21.6 Å². The van der Waals surface area contributed by atoms with Crippen molar-refractivity contribution in [2.24, 2.45) is 0 Å². The second kappa shape index (κ2) is 6.02. The van der Waals surface area contributed by atoms with Crippen molar-refractivity contribution in [3.8, 4) is 10.7 Å². The molecule has 1 N–H and O–H groups in total. The summed E-state index contributed by atoms with van der Waals surface area (Å²) in [7, 11) is 1.88. The molecule has 0 saturated carbocycles. The van der Waals surface area contributed by atoms with Gasteiger partial charge in [-0.3, -0.25) is 0 Å². The van der Waals surface area contributed by atoms with E-state index in [-0.39, 0.29) is 0 Å². The van der Waals surface area contributed by atoms with E-state index in [9.17, 15) is 0 Å². The Labute approximate surface area is 144 Å². The van der Waals surface area contributed by atoms with Gasteiger partial charge in [0, 0.05) is 21.4 Å². The average molecular weight is 427 g/mol. The number of rotatable bonds is 3. The molecular weight excluding hydrogens is 414 g/mol. The number of hydrogen-bond acceptors (Lipinski definition) is 4. The summed E-state index contributed by atoms with van der Waals surface area (Å²) < 4.78 is 1.96. The first-order valence-electron chi connectivity index (χ1n) is 6.55. The molecule has 0 saturated heterocycles. The van der Waals surface area contributed by atoms with Gasteiger partial charge in [-0.05, 0) is 51.5 Å². The summed E-state index contributed by atoms with van der Waals surface area (Å²) in [6.07, 6.45) is 0.983. The molecule has 0 amide bonds. The van der Waals surface area contributed by atoms with E-state index in [1.165, 1.54) is 5.56 Å². The number of anilines is 1. The lowest BCUT2D eigenvalue weighted by molar-refractivity contribution is 1.14. The SMILES string of the molecule is CCc1ccsc1-c1nc(NC)c2cc(Br)cc(Br)c2n1. The summed E-state index contributed by atoms with van der Waals surface area (Å²) in [6.45, 7) is 2.15. The minimum Gasteiger partial charge on any atom is -0.373 e. The molecule has 0 radical (unpaired) electrons. The largest absolute Gasteiger partial charge is 0.373 e. The Morgan fingerprint density at radius 3 is 2.76 bits per heavy atom. The number of nitrogens with zero attached hydrogens (tertiary/aromatic N) is 2. The van der Waals surface area contributed by atoms with Crippen LogP contribution in [0.2, 0.25) is 0 Å². The van der Waals surface area contributed by atoms with Gasteiger partial charge in [0.2, 0.25) is 0 Å². The number of hydrogen-bond donors (Lipinski definition) is 1. The minimum atomic E-state index is 0.779. The van der Waals surface area contributed by atoms with Crippen LogP contribution in [0.5, 0.6) is 0 Å². The highest BCUT2D eigenvalue weighted by molar-refractivity contribution is 9.11. The van der Waals surface area contributed by atoms with Crippen LogP contribution < -0.4 is 5.32 Å². The number of fused-ring (bicyclic) bond motifs is 1. The molecule has 0 aliphatic heterocycles. The highest BCUT2D eigenvalue weighted by atomic mass is 79.9. The van der Waals surface area contributed by atoms with Crippen LogP contribution in [0.4, 0.5) is 5.82 Å². The van der Waals surface area contributed by atoms with Crippen LogP contribution >= 0.6 is 43.2 Å². The molecule has 0 fully saturated rings. The van der Waals surface area contributed by atoms with Crippen molar-refractivity contribution in [2.75, 3.05) is 12.4 Å². The quantitative estimate of drug-likeness (QED) is 0.601. The van der Waals surface area contributed by atoms with Crippen molar-refractivity contribution in [3.05, 3.63) is 38.1 Å². The van der Waals surface area contributed by atoms with Crippen LogP contribution in [-0.2, 0) is 6.42 Å². The predicted molar refractivity (Wildman–Crippen MR) is 97.2 cm³/mol. The zero-order chi connectivity index (χ0) is 15.0. The zero-order valence-electron chi connectivity index (χ0n) is 11.6. The molecule has 0 aliphatic rings.